The summed E-state index contributed by atoms with van der Waals surface area (Å²) in [6.07, 6.45) is 0.233. The average Bonchev–Trinajstić information content (AvgIpc) is 3.12. The molecule has 3 rings (SSSR count). The molecule has 2 aromatic carbocycles. The number of rotatable bonds is 8. The molecule has 0 unspecified atom stereocenters. The van der Waals surface area contributed by atoms with Gasteiger partial charge in [0.1, 0.15) is 0 Å². The molecule has 1 heterocycles. The molecule has 7 heteroatoms. The van der Waals surface area contributed by atoms with Gasteiger partial charge in [0.05, 0.1) is 19.6 Å². The lowest BCUT2D eigenvalue weighted by molar-refractivity contribution is -0.115. The summed E-state index contributed by atoms with van der Waals surface area (Å²) < 4.78 is 16.8. The minimum absolute atomic E-state index is 0.0551. The van der Waals surface area contributed by atoms with Gasteiger partial charge in [0.2, 0.25) is 11.8 Å². The number of hydrogen-bond donors (Lipinski definition) is 1. The second-order valence-corrected chi connectivity index (χ2v) is 6.15. The molecule has 3 aromatic rings. The van der Waals surface area contributed by atoms with Gasteiger partial charge in [0, 0.05) is 5.56 Å². The third kappa shape index (κ3) is 4.88. The molecular formula is C21H23N3O4. The molecule has 0 spiro atoms. The topological polar surface area (TPSA) is 86.5 Å². The number of benzene rings is 2. The molecule has 1 amide bonds. The number of hydrogen-bond acceptors (Lipinski definition) is 6. The molecule has 0 fully saturated rings. The molecule has 0 bridgehead atoms. The largest absolute Gasteiger partial charge is 0.490 e. The van der Waals surface area contributed by atoms with Crippen molar-refractivity contribution in [2.75, 3.05) is 18.5 Å². The smallest absolute Gasteiger partial charge is 0.322 e. The maximum absolute atomic E-state index is 12.2. The molecule has 1 aromatic heterocycles. The highest BCUT2D eigenvalue weighted by molar-refractivity contribution is 5.90. The monoisotopic (exact) mass is 381 g/mol. The van der Waals surface area contributed by atoms with Crippen LogP contribution in [0.2, 0.25) is 0 Å². The van der Waals surface area contributed by atoms with E-state index in [1.807, 2.05) is 45.0 Å². The fourth-order valence-electron chi connectivity index (χ4n) is 2.75. The molecule has 0 aliphatic heterocycles. The molecular weight excluding hydrogens is 358 g/mol. The predicted octanol–water partition coefficient (Wildman–Crippen LogP) is 4.02. The first-order valence-electron chi connectivity index (χ1n) is 9.18. The van der Waals surface area contributed by atoms with E-state index in [1.54, 1.807) is 18.2 Å². The summed E-state index contributed by atoms with van der Waals surface area (Å²) in [5.41, 5.74) is 2.70. The lowest BCUT2D eigenvalue weighted by Gasteiger charge is -2.11. The van der Waals surface area contributed by atoms with E-state index in [9.17, 15) is 4.79 Å². The van der Waals surface area contributed by atoms with E-state index in [1.165, 1.54) is 0 Å². The minimum Gasteiger partial charge on any atom is -0.490 e. The normalized spacial score (nSPS) is 10.5. The molecule has 0 aliphatic carbocycles. The third-order valence-electron chi connectivity index (χ3n) is 3.91. The van der Waals surface area contributed by atoms with Crippen LogP contribution in [0.1, 0.15) is 25.0 Å². The number of anilines is 1. The summed E-state index contributed by atoms with van der Waals surface area (Å²) in [5, 5.41) is 10.6. The van der Waals surface area contributed by atoms with E-state index in [-0.39, 0.29) is 24.2 Å². The third-order valence-corrected chi connectivity index (χ3v) is 3.91. The molecule has 28 heavy (non-hydrogen) atoms. The van der Waals surface area contributed by atoms with E-state index >= 15 is 0 Å². The first-order valence-corrected chi connectivity index (χ1v) is 9.18. The van der Waals surface area contributed by atoms with E-state index in [0.29, 0.717) is 30.3 Å². The summed E-state index contributed by atoms with van der Waals surface area (Å²) in [6.45, 7) is 6.84. The molecule has 7 nitrogen and oxygen atoms in total. The number of ether oxygens (including phenoxy) is 2. The fourth-order valence-corrected chi connectivity index (χ4v) is 2.75. The highest BCUT2D eigenvalue weighted by atomic mass is 16.5. The van der Waals surface area contributed by atoms with Gasteiger partial charge in [-0.3, -0.25) is 10.1 Å². The van der Waals surface area contributed by atoms with Gasteiger partial charge in [-0.2, -0.15) is 0 Å². The zero-order chi connectivity index (χ0) is 19.9. The SMILES string of the molecule is CCOc1ccc(-c2nnc(NC(=O)Cc3cccc(C)c3)o2)cc1OCC. The summed E-state index contributed by atoms with van der Waals surface area (Å²) >= 11 is 0. The van der Waals surface area contributed by atoms with Crippen LogP contribution >= 0.6 is 0 Å². The van der Waals surface area contributed by atoms with Crippen molar-refractivity contribution in [2.45, 2.75) is 27.2 Å². The standard InChI is InChI=1S/C21H23N3O4/c1-4-26-17-10-9-16(13-18(17)27-5-2)20-23-24-21(28-20)22-19(25)12-15-8-6-7-14(3)11-15/h6-11,13H,4-5,12H2,1-3H3,(H,22,24,25). The molecule has 0 atom stereocenters. The Hall–Kier alpha value is -3.35. The Bertz CT molecular complexity index is 952. The molecule has 0 radical (unpaired) electrons. The molecule has 0 aliphatic rings. The van der Waals surface area contributed by atoms with Crippen molar-refractivity contribution in [3.63, 3.8) is 0 Å². The van der Waals surface area contributed by atoms with Gasteiger partial charge in [-0.1, -0.05) is 34.9 Å². The van der Waals surface area contributed by atoms with Crippen LogP contribution in [0.3, 0.4) is 0 Å². The quantitative estimate of drug-likeness (QED) is 0.634. The van der Waals surface area contributed by atoms with Crippen LogP contribution in [0.5, 0.6) is 11.5 Å². The fraction of sp³-hybridized carbons (Fsp3) is 0.286. The average molecular weight is 381 g/mol. The van der Waals surface area contributed by atoms with E-state index in [4.69, 9.17) is 13.9 Å². The van der Waals surface area contributed by atoms with Crippen molar-refractivity contribution in [3.8, 4) is 23.0 Å². The second-order valence-electron chi connectivity index (χ2n) is 6.15. The summed E-state index contributed by atoms with van der Waals surface area (Å²) in [7, 11) is 0. The number of aryl methyl sites for hydroxylation is 1. The van der Waals surface area contributed by atoms with Gasteiger partial charge in [-0.15, -0.1) is 5.10 Å². The highest BCUT2D eigenvalue weighted by Gasteiger charge is 2.14. The first-order chi connectivity index (χ1) is 13.6. The van der Waals surface area contributed by atoms with Crippen LogP contribution in [0.25, 0.3) is 11.5 Å². The van der Waals surface area contributed by atoms with Crippen molar-refractivity contribution in [1.82, 2.24) is 10.2 Å². The summed E-state index contributed by atoms with van der Waals surface area (Å²) in [4.78, 5) is 12.2. The van der Waals surface area contributed by atoms with Gasteiger partial charge in [-0.25, -0.2) is 0 Å². The Labute approximate surface area is 163 Å². The first kappa shape index (κ1) is 19.4. The minimum atomic E-state index is -0.220. The Balaban J connectivity index is 1.71. The number of nitrogens with one attached hydrogen (secondary N) is 1. The van der Waals surface area contributed by atoms with Gasteiger partial charge < -0.3 is 13.9 Å². The molecule has 0 saturated carbocycles. The number of amides is 1. The van der Waals surface area contributed by atoms with Crippen molar-refractivity contribution >= 4 is 11.9 Å². The van der Waals surface area contributed by atoms with E-state index in [0.717, 1.165) is 11.1 Å². The Kier molecular flexibility index (Phi) is 6.26. The lowest BCUT2D eigenvalue weighted by atomic mass is 10.1. The van der Waals surface area contributed by atoms with Gasteiger partial charge >= 0.3 is 6.01 Å². The Morgan fingerprint density at radius 1 is 1.04 bits per heavy atom. The Morgan fingerprint density at radius 3 is 2.57 bits per heavy atom. The van der Waals surface area contributed by atoms with Crippen molar-refractivity contribution in [2.24, 2.45) is 0 Å². The van der Waals surface area contributed by atoms with E-state index < -0.39 is 0 Å². The highest BCUT2D eigenvalue weighted by Crippen LogP contribution is 2.32. The van der Waals surface area contributed by atoms with Gasteiger partial charge in [-0.05, 0) is 44.5 Å². The lowest BCUT2D eigenvalue weighted by Crippen LogP contribution is -2.14. The van der Waals surface area contributed by atoms with E-state index in [2.05, 4.69) is 15.5 Å². The second kappa shape index (κ2) is 9.03. The number of nitrogens with zero attached hydrogens (tertiary/aromatic N) is 2. The van der Waals surface area contributed by atoms with Crippen LogP contribution in [0, 0.1) is 6.92 Å². The van der Waals surface area contributed by atoms with Crippen LogP contribution in [-0.2, 0) is 11.2 Å². The zero-order valence-electron chi connectivity index (χ0n) is 16.2. The van der Waals surface area contributed by atoms with Crippen molar-refractivity contribution in [3.05, 3.63) is 53.6 Å². The maximum Gasteiger partial charge on any atom is 0.322 e. The summed E-state index contributed by atoms with van der Waals surface area (Å²) in [6, 6.07) is 13.2. The number of aromatic nitrogens is 2. The predicted molar refractivity (Wildman–Crippen MR) is 106 cm³/mol. The molecule has 0 saturated heterocycles. The van der Waals surface area contributed by atoms with Crippen LogP contribution in [0.15, 0.2) is 46.9 Å². The molecule has 146 valence electrons. The number of carbonyl (C=O) groups is 1. The zero-order valence-corrected chi connectivity index (χ0v) is 16.2. The Morgan fingerprint density at radius 2 is 1.82 bits per heavy atom. The number of carbonyl (C=O) groups excluding carboxylic acids is 1. The van der Waals surface area contributed by atoms with Crippen LogP contribution < -0.4 is 14.8 Å². The summed E-state index contributed by atoms with van der Waals surface area (Å²) in [5.74, 6) is 1.32. The van der Waals surface area contributed by atoms with Crippen LogP contribution in [-0.4, -0.2) is 29.3 Å². The maximum atomic E-state index is 12.2. The van der Waals surface area contributed by atoms with Gasteiger partial charge in [0.15, 0.2) is 11.5 Å². The van der Waals surface area contributed by atoms with Gasteiger partial charge in [0.25, 0.3) is 0 Å². The van der Waals surface area contributed by atoms with Crippen molar-refractivity contribution < 1.29 is 18.7 Å². The van der Waals surface area contributed by atoms with Crippen molar-refractivity contribution in [1.29, 1.82) is 0 Å². The van der Waals surface area contributed by atoms with Crippen LogP contribution in [0.4, 0.5) is 6.01 Å². The molecule has 1 N–H and O–H groups in total.